The van der Waals surface area contributed by atoms with E-state index in [-0.39, 0.29) is 0 Å². The van der Waals surface area contributed by atoms with Crippen LogP contribution in [-0.2, 0) is 0 Å². The van der Waals surface area contributed by atoms with E-state index in [1.165, 1.54) is 16.3 Å². The zero-order valence-electron chi connectivity index (χ0n) is 25.7. The maximum Gasteiger partial charge on any atom is 0.489 e. The SMILES string of the molecule is OB(O)c1cc(-n2c3ccccc3c3c(-c4ccc5c6ccccc6n(-c6ccccc6)c5c4)cccc32)cc2c1sc1ccccc12. The van der Waals surface area contributed by atoms with Gasteiger partial charge in [-0.25, -0.2) is 0 Å². The highest BCUT2D eigenvalue weighted by Crippen LogP contribution is 2.42. The molecule has 0 bridgehead atoms. The molecular formula is C42H27BN2O2S. The smallest absolute Gasteiger partial charge is 0.423 e. The van der Waals surface area contributed by atoms with Crippen molar-refractivity contribution in [2.24, 2.45) is 0 Å². The highest BCUT2D eigenvalue weighted by Gasteiger charge is 2.23. The molecule has 10 rings (SSSR count). The van der Waals surface area contributed by atoms with Crippen LogP contribution in [0.1, 0.15) is 0 Å². The molecule has 3 heterocycles. The number of hydrogen-bond acceptors (Lipinski definition) is 3. The summed E-state index contributed by atoms with van der Waals surface area (Å²) in [6.07, 6.45) is 0. The fraction of sp³-hybridized carbons (Fsp3) is 0. The van der Waals surface area contributed by atoms with Gasteiger partial charge in [-0.2, -0.15) is 0 Å². The molecule has 7 aromatic carbocycles. The van der Waals surface area contributed by atoms with Crippen LogP contribution in [0.4, 0.5) is 0 Å². The first kappa shape index (κ1) is 27.5. The van der Waals surface area contributed by atoms with Crippen molar-refractivity contribution in [2.45, 2.75) is 0 Å². The summed E-state index contributed by atoms with van der Waals surface area (Å²) in [6.45, 7) is 0. The number of nitrogens with zero attached hydrogens (tertiary/aromatic N) is 2. The maximum atomic E-state index is 10.6. The van der Waals surface area contributed by atoms with Crippen LogP contribution in [0.5, 0.6) is 0 Å². The van der Waals surface area contributed by atoms with E-state index < -0.39 is 7.12 Å². The summed E-state index contributed by atoms with van der Waals surface area (Å²) >= 11 is 1.60. The lowest BCUT2D eigenvalue weighted by molar-refractivity contribution is 0.426. The van der Waals surface area contributed by atoms with Gasteiger partial charge in [0.05, 0.1) is 22.1 Å². The van der Waals surface area contributed by atoms with Gasteiger partial charge in [-0.1, -0.05) is 97.1 Å². The number of aromatic nitrogens is 2. The van der Waals surface area contributed by atoms with Crippen LogP contribution in [-0.4, -0.2) is 26.3 Å². The average Bonchev–Trinajstić information content (AvgIpc) is 3.79. The summed E-state index contributed by atoms with van der Waals surface area (Å²) < 4.78 is 6.66. The third kappa shape index (κ3) is 3.91. The van der Waals surface area contributed by atoms with Crippen LogP contribution in [0.3, 0.4) is 0 Å². The molecule has 0 fully saturated rings. The Balaban J connectivity index is 1.27. The number of hydrogen-bond donors (Lipinski definition) is 2. The molecule has 0 radical (unpaired) electrons. The van der Waals surface area contributed by atoms with Crippen molar-refractivity contribution in [3.8, 4) is 22.5 Å². The fourth-order valence-corrected chi connectivity index (χ4v) is 8.91. The van der Waals surface area contributed by atoms with Gasteiger partial charge in [-0.15, -0.1) is 11.3 Å². The van der Waals surface area contributed by atoms with Crippen molar-refractivity contribution in [3.63, 3.8) is 0 Å². The third-order valence-corrected chi connectivity index (χ3v) is 11.0. The molecule has 0 saturated carbocycles. The number of para-hydroxylation sites is 3. The Hall–Kier alpha value is -5.66. The number of fused-ring (bicyclic) bond motifs is 9. The Bertz CT molecular complexity index is 2880. The minimum Gasteiger partial charge on any atom is -0.423 e. The van der Waals surface area contributed by atoms with Crippen LogP contribution >= 0.6 is 11.3 Å². The lowest BCUT2D eigenvalue weighted by atomic mass is 9.79. The third-order valence-electron chi connectivity index (χ3n) is 9.72. The zero-order valence-corrected chi connectivity index (χ0v) is 26.5. The predicted octanol–water partition coefficient (Wildman–Crippen LogP) is 9.60. The Morgan fingerprint density at radius 1 is 0.458 bits per heavy atom. The predicted molar refractivity (Wildman–Crippen MR) is 203 cm³/mol. The molecule has 226 valence electrons. The van der Waals surface area contributed by atoms with Gasteiger partial charge in [-0.05, 0) is 65.7 Å². The van der Waals surface area contributed by atoms with Gasteiger partial charge in [0.1, 0.15) is 0 Å². The summed E-state index contributed by atoms with van der Waals surface area (Å²) in [7, 11) is -1.59. The van der Waals surface area contributed by atoms with Crippen molar-refractivity contribution >= 4 is 87.7 Å². The highest BCUT2D eigenvalue weighted by molar-refractivity contribution is 7.27. The van der Waals surface area contributed by atoms with Crippen molar-refractivity contribution in [3.05, 3.63) is 152 Å². The van der Waals surface area contributed by atoms with Crippen LogP contribution in [0.25, 0.3) is 86.3 Å². The number of benzene rings is 7. The molecule has 0 aliphatic rings. The second kappa shape index (κ2) is 10.4. The lowest BCUT2D eigenvalue weighted by Gasteiger charge is -2.12. The van der Waals surface area contributed by atoms with Crippen LogP contribution in [0.2, 0.25) is 0 Å². The standard InChI is InChI=1S/C42H27BN2O2S/c46-43(47)35-25-28(24-34-32-14-6-9-20-40(32)48-42(34)35)45-37-18-8-5-15-33(37)41-29(16-10-19-38(41)45)26-21-22-31-30-13-4-7-17-36(30)44(39(31)23-26)27-11-2-1-3-12-27/h1-25,46-47H. The van der Waals surface area contributed by atoms with E-state index in [9.17, 15) is 10.0 Å². The molecule has 0 atom stereocenters. The Labute approximate surface area is 280 Å². The Morgan fingerprint density at radius 3 is 1.92 bits per heavy atom. The molecule has 0 amide bonds. The molecule has 4 nitrogen and oxygen atoms in total. The molecule has 0 aliphatic heterocycles. The van der Waals surface area contributed by atoms with Gasteiger partial charge in [0.15, 0.2) is 0 Å². The molecular weight excluding hydrogens is 607 g/mol. The van der Waals surface area contributed by atoms with Crippen LogP contribution < -0.4 is 5.46 Å². The fourth-order valence-electron chi connectivity index (χ4n) is 7.69. The molecule has 6 heteroatoms. The first-order chi connectivity index (χ1) is 23.7. The zero-order chi connectivity index (χ0) is 31.9. The summed E-state index contributed by atoms with van der Waals surface area (Å²) in [5.74, 6) is 0. The number of thiophene rings is 1. The Morgan fingerprint density at radius 2 is 1.10 bits per heavy atom. The van der Waals surface area contributed by atoms with Crippen LogP contribution in [0, 0.1) is 0 Å². The molecule has 0 aliphatic carbocycles. The summed E-state index contributed by atoms with van der Waals surface area (Å²) in [5.41, 5.74) is 9.32. The molecule has 0 saturated heterocycles. The molecule has 2 N–H and O–H groups in total. The van der Waals surface area contributed by atoms with Crippen molar-refractivity contribution < 1.29 is 10.0 Å². The quantitative estimate of drug-likeness (QED) is 0.190. The monoisotopic (exact) mass is 634 g/mol. The van der Waals surface area contributed by atoms with Gasteiger partial charge >= 0.3 is 7.12 Å². The summed E-state index contributed by atoms with van der Waals surface area (Å²) in [4.78, 5) is 0. The summed E-state index contributed by atoms with van der Waals surface area (Å²) in [6, 6.07) is 53.4. The second-order valence-electron chi connectivity index (χ2n) is 12.4. The van der Waals surface area contributed by atoms with Gasteiger partial charge in [0, 0.05) is 58.6 Å². The minimum absolute atomic E-state index is 0.518. The van der Waals surface area contributed by atoms with E-state index in [1.807, 2.05) is 18.2 Å². The van der Waals surface area contributed by atoms with Crippen LogP contribution in [0.15, 0.2) is 152 Å². The van der Waals surface area contributed by atoms with E-state index in [0.717, 1.165) is 70.0 Å². The van der Waals surface area contributed by atoms with Gasteiger partial charge in [-0.3, -0.25) is 0 Å². The van der Waals surface area contributed by atoms with E-state index in [2.05, 4.69) is 143 Å². The normalized spacial score (nSPS) is 12.0. The largest absolute Gasteiger partial charge is 0.489 e. The van der Waals surface area contributed by atoms with Crippen molar-refractivity contribution in [1.29, 1.82) is 0 Å². The van der Waals surface area contributed by atoms with E-state index in [0.29, 0.717) is 5.46 Å². The lowest BCUT2D eigenvalue weighted by Crippen LogP contribution is -2.30. The van der Waals surface area contributed by atoms with E-state index in [4.69, 9.17) is 0 Å². The molecule has 0 unspecified atom stereocenters. The summed E-state index contributed by atoms with van der Waals surface area (Å²) in [5, 5.41) is 28.1. The average molecular weight is 635 g/mol. The van der Waals surface area contributed by atoms with Crippen molar-refractivity contribution in [1.82, 2.24) is 9.13 Å². The minimum atomic E-state index is -1.59. The van der Waals surface area contributed by atoms with E-state index >= 15 is 0 Å². The second-order valence-corrected chi connectivity index (χ2v) is 13.4. The molecule has 0 spiro atoms. The van der Waals surface area contributed by atoms with Gasteiger partial charge in [0.25, 0.3) is 0 Å². The van der Waals surface area contributed by atoms with Gasteiger partial charge in [0.2, 0.25) is 0 Å². The maximum absolute atomic E-state index is 10.6. The molecule has 10 aromatic rings. The van der Waals surface area contributed by atoms with Gasteiger partial charge < -0.3 is 19.2 Å². The van der Waals surface area contributed by atoms with E-state index in [1.54, 1.807) is 11.3 Å². The number of rotatable bonds is 4. The molecule has 3 aromatic heterocycles. The highest BCUT2D eigenvalue weighted by atomic mass is 32.1. The molecule has 48 heavy (non-hydrogen) atoms. The topological polar surface area (TPSA) is 50.3 Å². The first-order valence-electron chi connectivity index (χ1n) is 16.1. The Kier molecular flexibility index (Phi) is 5.96. The van der Waals surface area contributed by atoms with Crippen molar-refractivity contribution in [2.75, 3.05) is 0 Å². The first-order valence-corrected chi connectivity index (χ1v) is 16.9.